The van der Waals surface area contributed by atoms with Gasteiger partial charge in [0.2, 0.25) is 5.82 Å². The zero-order valence-corrected chi connectivity index (χ0v) is 7.13. The lowest BCUT2D eigenvalue weighted by atomic mass is 10.3. The van der Waals surface area contributed by atoms with E-state index in [4.69, 9.17) is 11.6 Å². The van der Waals surface area contributed by atoms with E-state index in [1.807, 2.05) is 0 Å². The second-order valence-electron chi connectivity index (χ2n) is 2.21. The Labute approximate surface area is 80.5 Å². The normalized spacial score (nSPS) is 10.6. The van der Waals surface area contributed by atoms with Crippen molar-refractivity contribution < 1.29 is 18.1 Å². The van der Waals surface area contributed by atoms with Crippen LogP contribution in [0.3, 0.4) is 0 Å². The number of rotatable bonds is 2. The molecule has 0 aromatic carbocycles. The summed E-state index contributed by atoms with van der Waals surface area (Å²) in [6.45, 7) is 0. The van der Waals surface area contributed by atoms with Gasteiger partial charge in [-0.2, -0.15) is 4.39 Å². The number of hydrogen-bond acceptors (Lipinski definition) is 3. The van der Waals surface area contributed by atoms with Gasteiger partial charge >= 0.3 is 5.69 Å². The van der Waals surface area contributed by atoms with E-state index in [1.54, 1.807) is 0 Å². The molecule has 1 aromatic heterocycles. The molecular formula is C6H2ClF3N2O2. The second-order valence-corrected chi connectivity index (χ2v) is 2.59. The van der Waals surface area contributed by atoms with Crippen LogP contribution in [0.1, 0.15) is 12.1 Å². The molecule has 0 saturated heterocycles. The molecule has 0 unspecified atom stereocenters. The van der Waals surface area contributed by atoms with Crippen molar-refractivity contribution in [3.8, 4) is 0 Å². The maximum atomic E-state index is 12.9. The van der Waals surface area contributed by atoms with Crippen molar-refractivity contribution in [3.63, 3.8) is 0 Å². The number of aromatic nitrogens is 1. The minimum Gasteiger partial charge on any atom is -0.258 e. The number of alkyl halides is 2. The maximum absolute atomic E-state index is 12.9. The molecule has 1 heterocycles. The quantitative estimate of drug-likeness (QED) is 0.575. The highest BCUT2D eigenvalue weighted by Gasteiger charge is 2.25. The van der Waals surface area contributed by atoms with Crippen LogP contribution in [0.15, 0.2) is 6.20 Å². The first-order valence-electron chi connectivity index (χ1n) is 3.21. The Bertz CT molecular complexity index is 386. The molecule has 0 atom stereocenters. The minimum absolute atomic E-state index is 0.405. The summed E-state index contributed by atoms with van der Waals surface area (Å²) >= 11 is 5.12. The van der Waals surface area contributed by atoms with Gasteiger partial charge in [-0.25, -0.2) is 13.8 Å². The number of hydrogen-bond donors (Lipinski definition) is 0. The lowest BCUT2D eigenvalue weighted by molar-refractivity contribution is -0.387. The average molecular weight is 227 g/mol. The van der Waals surface area contributed by atoms with E-state index in [0.29, 0.717) is 6.20 Å². The molecule has 14 heavy (non-hydrogen) atoms. The highest BCUT2D eigenvalue weighted by molar-refractivity contribution is 6.31. The van der Waals surface area contributed by atoms with Crippen LogP contribution in [0, 0.1) is 15.9 Å². The van der Waals surface area contributed by atoms with E-state index in [2.05, 4.69) is 4.98 Å². The van der Waals surface area contributed by atoms with Crippen molar-refractivity contribution in [2.24, 2.45) is 0 Å². The van der Waals surface area contributed by atoms with E-state index in [0.717, 1.165) is 0 Å². The van der Waals surface area contributed by atoms with Crippen LogP contribution in [0.2, 0.25) is 5.02 Å². The molecule has 4 nitrogen and oxygen atoms in total. The van der Waals surface area contributed by atoms with Gasteiger partial charge in [-0.3, -0.25) is 10.1 Å². The third kappa shape index (κ3) is 1.77. The summed E-state index contributed by atoms with van der Waals surface area (Å²) < 4.78 is 37.0. The van der Waals surface area contributed by atoms with Gasteiger partial charge in [-0.05, 0) is 0 Å². The van der Waals surface area contributed by atoms with E-state index in [9.17, 15) is 23.3 Å². The highest BCUT2D eigenvalue weighted by Crippen LogP contribution is 2.31. The van der Waals surface area contributed by atoms with Crippen molar-refractivity contribution in [2.45, 2.75) is 6.43 Å². The Morgan fingerprint density at radius 3 is 2.57 bits per heavy atom. The van der Waals surface area contributed by atoms with Crippen LogP contribution < -0.4 is 0 Å². The summed E-state index contributed by atoms with van der Waals surface area (Å²) in [6.07, 6.45) is -2.67. The predicted molar refractivity (Wildman–Crippen MR) is 40.8 cm³/mol. The van der Waals surface area contributed by atoms with E-state index in [-0.39, 0.29) is 0 Å². The fraction of sp³-hybridized carbons (Fsp3) is 0.167. The number of halogens is 4. The molecular weight excluding hydrogens is 225 g/mol. The third-order valence-electron chi connectivity index (χ3n) is 1.37. The van der Waals surface area contributed by atoms with Crippen molar-refractivity contribution >= 4 is 17.3 Å². The van der Waals surface area contributed by atoms with Crippen LogP contribution in [0.4, 0.5) is 18.9 Å². The Balaban J connectivity index is 3.33. The van der Waals surface area contributed by atoms with Gasteiger partial charge in [0, 0.05) is 0 Å². The summed E-state index contributed by atoms with van der Waals surface area (Å²) in [5.74, 6) is -1.50. The van der Waals surface area contributed by atoms with Gasteiger partial charge < -0.3 is 0 Å². The molecule has 0 N–H and O–H groups in total. The lowest BCUT2D eigenvalue weighted by Crippen LogP contribution is -1.99. The van der Waals surface area contributed by atoms with E-state index in [1.165, 1.54) is 0 Å². The fourth-order valence-electron chi connectivity index (χ4n) is 0.748. The van der Waals surface area contributed by atoms with Crippen LogP contribution in [0.25, 0.3) is 0 Å². The van der Waals surface area contributed by atoms with Crippen molar-refractivity contribution in [3.05, 3.63) is 32.8 Å². The first kappa shape index (κ1) is 10.7. The first-order chi connectivity index (χ1) is 6.45. The van der Waals surface area contributed by atoms with Gasteiger partial charge in [0.1, 0.15) is 16.9 Å². The topological polar surface area (TPSA) is 56.0 Å². The summed E-state index contributed by atoms with van der Waals surface area (Å²) in [6, 6.07) is 0. The standard InChI is InChI=1S/C6H2ClF3N2O2/c7-3-4(8)2(12(13)14)1-11-5(3)6(9)10/h1,6H. The molecule has 8 heteroatoms. The molecule has 0 fully saturated rings. The molecule has 1 aromatic rings. The monoisotopic (exact) mass is 226 g/mol. The molecule has 76 valence electrons. The Morgan fingerprint density at radius 1 is 1.57 bits per heavy atom. The summed E-state index contributed by atoms with van der Waals surface area (Å²) in [4.78, 5) is 12.0. The minimum atomic E-state index is -3.07. The molecule has 0 aliphatic rings. The molecule has 0 radical (unpaired) electrons. The van der Waals surface area contributed by atoms with Crippen molar-refractivity contribution in [1.82, 2.24) is 4.98 Å². The maximum Gasteiger partial charge on any atom is 0.324 e. The van der Waals surface area contributed by atoms with E-state index >= 15 is 0 Å². The summed E-state index contributed by atoms with van der Waals surface area (Å²) in [5, 5.41) is 9.12. The largest absolute Gasteiger partial charge is 0.324 e. The third-order valence-corrected chi connectivity index (χ3v) is 1.73. The van der Waals surface area contributed by atoms with Crippen LogP contribution in [0.5, 0.6) is 0 Å². The van der Waals surface area contributed by atoms with Crippen LogP contribution in [-0.2, 0) is 0 Å². The second kappa shape index (κ2) is 3.79. The first-order valence-corrected chi connectivity index (χ1v) is 3.59. The number of pyridine rings is 1. The van der Waals surface area contributed by atoms with Crippen LogP contribution in [-0.4, -0.2) is 9.91 Å². The molecule has 1 rings (SSSR count). The van der Waals surface area contributed by atoms with Crippen LogP contribution >= 0.6 is 11.6 Å². The molecule has 0 aliphatic carbocycles. The number of nitrogens with zero attached hydrogens (tertiary/aromatic N) is 2. The zero-order chi connectivity index (χ0) is 10.9. The smallest absolute Gasteiger partial charge is 0.258 e. The average Bonchev–Trinajstić information content (AvgIpc) is 2.08. The van der Waals surface area contributed by atoms with Gasteiger partial charge in [-0.15, -0.1) is 0 Å². The molecule has 0 spiro atoms. The Hall–Kier alpha value is -1.37. The summed E-state index contributed by atoms with van der Waals surface area (Å²) in [5.41, 5.74) is -2.03. The van der Waals surface area contributed by atoms with Crippen molar-refractivity contribution in [1.29, 1.82) is 0 Å². The van der Waals surface area contributed by atoms with Crippen molar-refractivity contribution in [2.75, 3.05) is 0 Å². The zero-order valence-electron chi connectivity index (χ0n) is 6.38. The van der Waals surface area contributed by atoms with Gasteiger partial charge in [0.05, 0.1) is 4.92 Å². The van der Waals surface area contributed by atoms with Gasteiger partial charge in [0.25, 0.3) is 6.43 Å². The highest BCUT2D eigenvalue weighted by atomic mass is 35.5. The molecule has 0 aliphatic heterocycles. The lowest BCUT2D eigenvalue weighted by Gasteiger charge is -2.02. The van der Waals surface area contributed by atoms with Gasteiger partial charge in [-0.1, -0.05) is 11.6 Å². The SMILES string of the molecule is O=[N+]([O-])c1cnc(C(F)F)c(Cl)c1F. The fourth-order valence-corrected chi connectivity index (χ4v) is 0.976. The Kier molecular flexibility index (Phi) is 2.90. The number of nitro groups is 1. The van der Waals surface area contributed by atoms with Gasteiger partial charge in [0.15, 0.2) is 0 Å². The molecule has 0 bridgehead atoms. The molecule has 0 amide bonds. The molecule has 0 saturated carbocycles. The summed E-state index contributed by atoms with van der Waals surface area (Å²) in [7, 11) is 0. The van der Waals surface area contributed by atoms with E-state index < -0.39 is 33.6 Å². The predicted octanol–water partition coefficient (Wildman–Crippen LogP) is 2.72. The Morgan fingerprint density at radius 2 is 2.14 bits per heavy atom.